The number of anilines is 2. The summed E-state index contributed by atoms with van der Waals surface area (Å²) in [5.41, 5.74) is 10.1. The largest absolute Gasteiger partial charge is 0.378 e. The fourth-order valence-electron chi connectivity index (χ4n) is 3.81. The third-order valence-corrected chi connectivity index (χ3v) is 6.35. The van der Waals surface area contributed by atoms with Crippen LogP contribution in [-0.4, -0.2) is 29.0 Å². The minimum atomic E-state index is 0.163. The predicted octanol–water partition coefficient (Wildman–Crippen LogP) is 5.17. The first-order valence-corrected chi connectivity index (χ1v) is 11.0. The summed E-state index contributed by atoms with van der Waals surface area (Å²) in [7, 11) is 4.02. The number of nitrogens with zero attached hydrogens (tertiary/aromatic N) is 4. The van der Waals surface area contributed by atoms with E-state index in [1.807, 2.05) is 44.4 Å². The van der Waals surface area contributed by atoms with Gasteiger partial charge < -0.3 is 15.4 Å². The summed E-state index contributed by atoms with van der Waals surface area (Å²) in [6.45, 7) is 1.12. The molecule has 0 spiro atoms. The number of halogens is 1. The van der Waals surface area contributed by atoms with Crippen molar-refractivity contribution in [3.63, 3.8) is 0 Å². The zero-order valence-corrected chi connectivity index (χ0v) is 18.7. The lowest BCUT2D eigenvalue weighted by Gasteiger charge is -2.20. The molecule has 0 fully saturated rings. The Morgan fingerprint density at radius 3 is 2.65 bits per heavy atom. The van der Waals surface area contributed by atoms with Crippen LogP contribution in [0.3, 0.4) is 0 Å². The first-order valence-electron chi connectivity index (χ1n) is 9.77. The van der Waals surface area contributed by atoms with Gasteiger partial charge in [0, 0.05) is 30.2 Å². The maximum atomic E-state index is 6.71. The minimum Gasteiger partial charge on any atom is -0.378 e. The maximum absolute atomic E-state index is 6.71. The monoisotopic (exact) mass is 449 g/mol. The molecule has 0 amide bonds. The van der Waals surface area contributed by atoms with Gasteiger partial charge in [0.2, 0.25) is 5.95 Å². The van der Waals surface area contributed by atoms with Gasteiger partial charge >= 0.3 is 0 Å². The van der Waals surface area contributed by atoms with Gasteiger partial charge in [-0.1, -0.05) is 35.9 Å². The van der Waals surface area contributed by atoms with Crippen LogP contribution in [0.15, 0.2) is 58.6 Å². The Hall–Kier alpha value is -2.87. The van der Waals surface area contributed by atoms with E-state index in [9.17, 15) is 0 Å². The number of ether oxygens (including phenoxy) is 1. The molecule has 3 aromatic carbocycles. The Morgan fingerprint density at radius 2 is 1.81 bits per heavy atom. The number of hydrogen-bond donors (Lipinski definition) is 1. The van der Waals surface area contributed by atoms with Gasteiger partial charge in [-0.3, -0.25) is 0 Å². The van der Waals surface area contributed by atoms with Gasteiger partial charge in [0.25, 0.3) is 0 Å². The van der Waals surface area contributed by atoms with Crippen molar-refractivity contribution in [1.82, 2.24) is 15.0 Å². The van der Waals surface area contributed by atoms with Crippen molar-refractivity contribution >= 4 is 45.8 Å². The molecule has 0 aliphatic carbocycles. The zero-order chi connectivity index (χ0) is 21.5. The highest BCUT2D eigenvalue weighted by molar-refractivity contribution is 7.99. The third-order valence-electron chi connectivity index (χ3n) is 5.20. The average Bonchev–Trinajstić information content (AvgIpc) is 2.74. The van der Waals surface area contributed by atoms with E-state index in [0.717, 1.165) is 38.0 Å². The van der Waals surface area contributed by atoms with Crippen LogP contribution in [0.1, 0.15) is 11.1 Å². The number of rotatable bonds is 4. The van der Waals surface area contributed by atoms with E-state index in [0.29, 0.717) is 29.2 Å². The first-order chi connectivity index (χ1) is 15.0. The van der Waals surface area contributed by atoms with E-state index in [2.05, 4.69) is 33.1 Å². The van der Waals surface area contributed by atoms with Crippen LogP contribution >= 0.6 is 23.4 Å². The van der Waals surface area contributed by atoms with Gasteiger partial charge in [0.1, 0.15) is 0 Å². The highest BCUT2D eigenvalue weighted by Crippen LogP contribution is 2.40. The van der Waals surface area contributed by atoms with Crippen molar-refractivity contribution in [2.24, 2.45) is 0 Å². The van der Waals surface area contributed by atoms with Crippen molar-refractivity contribution in [2.75, 3.05) is 24.7 Å². The smallest absolute Gasteiger partial charge is 0.224 e. The molecule has 0 radical (unpaired) electrons. The second-order valence-corrected chi connectivity index (χ2v) is 8.97. The van der Waals surface area contributed by atoms with Crippen LogP contribution < -0.4 is 10.6 Å². The van der Waals surface area contributed by atoms with E-state index in [1.165, 1.54) is 11.8 Å². The molecule has 1 aliphatic heterocycles. The molecule has 6 nitrogen and oxygen atoms in total. The lowest BCUT2D eigenvalue weighted by Crippen LogP contribution is -2.08. The molecule has 5 rings (SSSR count). The summed E-state index contributed by atoms with van der Waals surface area (Å²) in [5, 5.41) is 3.25. The molecule has 31 heavy (non-hydrogen) atoms. The molecule has 0 atom stereocenters. The molecular weight excluding hydrogens is 430 g/mol. The highest BCUT2D eigenvalue weighted by atomic mass is 35.5. The summed E-state index contributed by atoms with van der Waals surface area (Å²) in [6, 6.07) is 16.2. The number of hydrogen-bond acceptors (Lipinski definition) is 7. The van der Waals surface area contributed by atoms with E-state index in [-0.39, 0.29) is 5.95 Å². The van der Waals surface area contributed by atoms with Crippen LogP contribution in [-0.2, 0) is 18.0 Å². The maximum Gasteiger partial charge on any atom is 0.224 e. The predicted molar refractivity (Wildman–Crippen MR) is 126 cm³/mol. The van der Waals surface area contributed by atoms with Gasteiger partial charge in [0.05, 0.1) is 18.2 Å². The minimum absolute atomic E-state index is 0.163. The van der Waals surface area contributed by atoms with Crippen molar-refractivity contribution in [1.29, 1.82) is 0 Å². The molecule has 0 bridgehead atoms. The molecular formula is C23H20ClN5OS. The summed E-state index contributed by atoms with van der Waals surface area (Å²) >= 11 is 8.15. The van der Waals surface area contributed by atoms with E-state index in [4.69, 9.17) is 27.1 Å². The molecule has 156 valence electrons. The van der Waals surface area contributed by atoms with Crippen LogP contribution in [0.2, 0.25) is 5.02 Å². The third kappa shape index (κ3) is 3.80. The molecule has 4 aromatic rings. The Bertz CT molecular complexity index is 1310. The molecule has 0 saturated heterocycles. The second-order valence-electron chi connectivity index (χ2n) is 7.52. The molecule has 1 aliphatic rings. The quantitative estimate of drug-likeness (QED) is 0.460. The lowest BCUT2D eigenvalue weighted by molar-refractivity contribution is 0.103. The van der Waals surface area contributed by atoms with Crippen molar-refractivity contribution < 1.29 is 4.74 Å². The van der Waals surface area contributed by atoms with Gasteiger partial charge in [-0.15, -0.1) is 0 Å². The Kier molecular flexibility index (Phi) is 5.17. The standard InChI is InChI=1S/C23H20ClN5OS/c1-29(2)15-6-4-7-16(10-15)31-23-27-21(26-22(25)28-23)20-17-8-3-5-13-11-30-12-14(19(13)17)9-18(20)24/h3-10H,11-12H2,1-2H3,(H2,25,26,27,28). The van der Waals surface area contributed by atoms with Crippen molar-refractivity contribution in [2.45, 2.75) is 23.3 Å². The molecule has 1 aromatic heterocycles. The van der Waals surface area contributed by atoms with Crippen molar-refractivity contribution in [3.8, 4) is 11.4 Å². The van der Waals surface area contributed by atoms with E-state index in [1.54, 1.807) is 0 Å². The number of aromatic nitrogens is 3. The van der Waals surface area contributed by atoms with Crippen molar-refractivity contribution in [3.05, 3.63) is 64.7 Å². The Balaban J connectivity index is 1.62. The highest BCUT2D eigenvalue weighted by Gasteiger charge is 2.21. The summed E-state index contributed by atoms with van der Waals surface area (Å²) in [5.74, 6) is 0.634. The number of benzene rings is 3. The molecule has 2 N–H and O–H groups in total. The Labute approximate surface area is 189 Å². The first kappa shape index (κ1) is 20.1. The van der Waals surface area contributed by atoms with E-state index < -0.39 is 0 Å². The lowest BCUT2D eigenvalue weighted by atomic mass is 9.94. The average molecular weight is 450 g/mol. The molecule has 2 heterocycles. The fourth-order valence-corrected chi connectivity index (χ4v) is 4.93. The number of nitrogen functional groups attached to an aromatic ring is 1. The second kappa shape index (κ2) is 8.00. The van der Waals surface area contributed by atoms with Crippen LogP contribution in [0.5, 0.6) is 0 Å². The summed E-state index contributed by atoms with van der Waals surface area (Å²) in [6.07, 6.45) is 0. The topological polar surface area (TPSA) is 77.2 Å². The summed E-state index contributed by atoms with van der Waals surface area (Å²) < 4.78 is 5.69. The molecule has 0 saturated carbocycles. The van der Waals surface area contributed by atoms with Crippen LogP contribution in [0, 0.1) is 0 Å². The van der Waals surface area contributed by atoms with Gasteiger partial charge in [-0.2, -0.15) is 9.97 Å². The Morgan fingerprint density at radius 1 is 1.00 bits per heavy atom. The van der Waals surface area contributed by atoms with Crippen LogP contribution in [0.4, 0.5) is 11.6 Å². The normalized spacial score (nSPS) is 12.9. The fraction of sp³-hybridized carbons (Fsp3) is 0.174. The van der Waals surface area contributed by atoms with E-state index >= 15 is 0 Å². The van der Waals surface area contributed by atoms with Gasteiger partial charge in [-0.25, -0.2) is 4.98 Å². The molecule has 8 heteroatoms. The van der Waals surface area contributed by atoms with Gasteiger partial charge in [0.15, 0.2) is 11.0 Å². The number of nitrogens with two attached hydrogens (primary N) is 1. The summed E-state index contributed by atoms with van der Waals surface area (Å²) in [4.78, 5) is 16.6. The SMILES string of the molecule is CN(C)c1cccc(Sc2nc(N)nc(-c3c(Cl)cc4c5c(cccc35)COC4)n2)c1. The molecule has 0 unspecified atom stereocenters. The van der Waals surface area contributed by atoms with Gasteiger partial charge in [-0.05, 0) is 57.9 Å². The zero-order valence-electron chi connectivity index (χ0n) is 17.1. The van der Waals surface area contributed by atoms with Crippen LogP contribution in [0.25, 0.3) is 22.2 Å².